The molecule has 7 heteroatoms. The summed E-state index contributed by atoms with van der Waals surface area (Å²) in [5.74, 6) is -0.263. The minimum absolute atomic E-state index is 0.0873. The lowest BCUT2D eigenvalue weighted by molar-refractivity contribution is 0.0701. The molecule has 0 unspecified atom stereocenters. The van der Waals surface area contributed by atoms with Gasteiger partial charge < -0.3 is 9.84 Å². The van der Waals surface area contributed by atoms with Gasteiger partial charge >= 0.3 is 5.97 Å². The van der Waals surface area contributed by atoms with E-state index in [1.54, 1.807) is 6.08 Å². The average Bonchev–Trinajstić information content (AvgIpc) is 3.06. The Morgan fingerprint density at radius 3 is 2.62 bits per heavy atom. The molecule has 0 fully saturated rings. The van der Waals surface area contributed by atoms with Crippen molar-refractivity contribution in [2.24, 2.45) is 0 Å². The van der Waals surface area contributed by atoms with Gasteiger partial charge in [-0.1, -0.05) is 36.5 Å². The summed E-state index contributed by atoms with van der Waals surface area (Å²) < 4.78 is 6.73. The number of hydrogen-bond acceptors (Lipinski definition) is 5. The number of nitrogens with zero attached hydrogens (tertiary/aromatic N) is 2. The highest BCUT2D eigenvalue weighted by molar-refractivity contribution is 7.18. The zero-order valence-corrected chi connectivity index (χ0v) is 15.2. The molecule has 26 heavy (non-hydrogen) atoms. The van der Waals surface area contributed by atoms with E-state index in [1.165, 1.54) is 10.6 Å². The molecule has 0 aliphatic heterocycles. The topological polar surface area (TPSA) is 80.9 Å². The van der Waals surface area contributed by atoms with E-state index in [1.807, 2.05) is 44.2 Å². The van der Waals surface area contributed by atoms with Crippen molar-refractivity contribution in [3.05, 3.63) is 62.5 Å². The van der Waals surface area contributed by atoms with Crippen molar-refractivity contribution < 1.29 is 14.6 Å². The van der Waals surface area contributed by atoms with Gasteiger partial charge in [0, 0.05) is 11.8 Å². The number of fused-ring (bicyclic) bond motifs is 1. The quantitative estimate of drug-likeness (QED) is 0.717. The van der Waals surface area contributed by atoms with E-state index in [9.17, 15) is 9.59 Å². The van der Waals surface area contributed by atoms with Gasteiger partial charge in [0.15, 0.2) is 4.96 Å². The third kappa shape index (κ3) is 3.52. The molecule has 0 aliphatic carbocycles. The maximum Gasteiger partial charge on any atom is 0.347 e. The van der Waals surface area contributed by atoms with Crippen LogP contribution in [0.3, 0.4) is 0 Å². The summed E-state index contributed by atoms with van der Waals surface area (Å²) in [6, 6.07) is 7.61. The van der Waals surface area contributed by atoms with Crippen LogP contribution in [0.2, 0.25) is 0 Å². The van der Waals surface area contributed by atoms with Gasteiger partial charge in [-0.05, 0) is 37.1 Å². The Bertz CT molecular complexity index is 1030. The first kappa shape index (κ1) is 17.9. The first-order valence-electron chi connectivity index (χ1n) is 8.22. The van der Waals surface area contributed by atoms with Gasteiger partial charge in [-0.15, -0.1) is 0 Å². The lowest BCUT2D eigenvalue weighted by Crippen LogP contribution is -2.19. The van der Waals surface area contributed by atoms with Crippen molar-refractivity contribution in [3.8, 4) is 5.75 Å². The Balaban J connectivity index is 2.00. The van der Waals surface area contributed by atoms with E-state index in [4.69, 9.17) is 9.84 Å². The molecule has 0 aliphatic rings. The highest BCUT2D eigenvalue weighted by atomic mass is 32.1. The fraction of sp³-hybridized carbons (Fsp3) is 0.211. The van der Waals surface area contributed by atoms with Crippen LogP contribution < -0.4 is 10.3 Å². The molecule has 3 rings (SSSR count). The zero-order valence-electron chi connectivity index (χ0n) is 14.4. The highest BCUT2D eigenvalue weighted by Gasteiger charge is 2.15. The second kappa shape index (κ2) is 7.53. The molecule has 0 radical (unpaired) electrons. The van der Waals surface area contributed by atoms with Gasteiger partial charge in [-0.3, -0.25) is 9.20 Å². The second-order valence-corrected chi connectivity index (χ2v) is 6.53. The molecule has 0 saturated carbocycles. The Labute approximate surface area is 154 Å². The number of ether oxygens (including phenoxy) is 1. The van der Waals surface area contributed by atoms with Crippen LogP contribution >= 0.6 is 11.3 Å². The van der Waals surface area contributed by atoms with Crippen LogP contribution in [0.1, 0.15) is 40.3 Å². The van der Waals surface area contributed by atoms with E-state index < -0.39 is 5.97 Å². The maximum absolute atomic E-state index is 12.6. The SMILES string of the molecule is CCOc1ccc(/C=C/c2nc3sc(C(=O)O)cn3c(=O)c2CC)cc1. The molecule has 0 bridgehead atoms. The monoisotopic (exact) mass is 370 g/mol. The van der Waals surface area contributed by atoms with E-state index in [0.717, 1.165) is 22.6 Å². The predicted molar refractivity (Wildman–Crippen MR) is 102 cm³/mol. The normalized spacial score (nSPS) is 11.3. The predicted octanol–water partition coefficient (Wildman–Crippen LogP) is 3.59. The van der Waals surface area contributed by atoms with Crippen LogP contribution in [0.25, 0.3) is 17.1 Å². The summed E-state index contributed by atoms with van der Waals surface area (Å²) in [5.41, 5.74) is 1.84. The fourth-order valence-corrected chi connectivity index (χ4v) is 3.40. The second-order valence-electron chi connectivity index (χ2n) is 5.52. The van der Waals surface area contributed by atoms with E-state index >= 15 is 0 Å². The minimum atomic E-state index is -1.07. The number of thiazole rings is 1. The molecular weight excluding hydrogens is 352 g/mol. The first-order valence-corrected chi connectivity index (χ1v) is 9.04. The fourth-order valence-electron chi connectivity index (χ4n) is 2.58. The summed E-state index contributed by atoms with van der Waals surface area (Å²) in [6.45, 7) is 4.42. The number of carbonyl (C=O) groups is 1. The molecule has 0 saturated heterocycles. The summed E-state index contributed by atoms with van der Waals surface area (Å²) in [7, 11) is 0. The number of rotatable bonds is 6. The standard InChI is InChI=1S/C19H18N2O4S/c1-3-14-15(10-7-12-5-8-13(9-6-12)25-4-2)20-19-21(17(14)22)11-16(26-19)18(23)24/h5-11H,3-4H2,1-2H3,(H,23,24)/b10-7+. The van der Waals surface area contributed by atoms with Gasteiger partial charge in [0.05, 0.1) is 12.3 Å². The molecule has 0 atom stereocenters. The number of benzene rings is 1. The van der Waals surface area contributed by atoms with Crippen LogP contribution in [-0.4, -0.2) is 27.1 Å². The van der Waals surface area contributed by atoms with E-state index in [0.29, 0.717) is 29.2 Å². The van der Waals surface area contributed by atoms with Crippen molar-refractivity contribution in [2.45, 2.75) is 20.3 Å². The lowest BCUT2D eigenvalue weighted by atomic mass is 10.1. The number of aromatic carboxylic acids is 1. The van der Waals surface area contributed by atoms with Crippen molar-refractivity contribution in [3.63, 3.8) is 0 Å². The largest absolute Gasteiger partial charge is 0.494 e. The van der Waals surface area contributed by atoms with Crippen LogP contribution in [-0.2, 0) is 6.42 Å². The Morgan fingerprint density at radius 2 is 2.00 bits per heavy atom. The van der Waals surface area contributed by atoms with Gasteiger partial charge in [-0.25, -0.2) is 9.78 Å². The molecule has 0 spiro atoms. The molecule has 1 N–H and O–H groups in total. The van der Waals surface area contributed by atoms with Gasteiger partial charge in [0.1, 0.15) is 10.6 Å². The summed E-state index contributed by atoms with van der Waals surface area (Å²) in [4.78, 5) is 28.7. The Hall–Kier alpha value is -2.93. The van der Waals surface area contributed by atoms with E-state index in [2.05, 4.69) is 4.98 Å². The van der Waals surface area contributed by atoms with Gasteiger partial charge in [0.2, 0.25) is 0 Å². The van der Waals surface area contributed by atoms with Crippen molar-refractivity contribution >= 4 is 34.4 Å². The van der Waals surface area contributed by atoms with Crippen LogP contribution in [0, 0.1) is 0 Å². The number of hydrogen-bond donors (Lipinski definition) is 1. The van der Waals surface area contributed by atoms with Crippen LogP contribution in [0.5, 0.6) is 5.75 Å². The minimum Gasteiger partial charge on any atom is -0.494 e. The Morgan fingerprint density at radius 1 is 1.27 bits per heavy atom. The van der Waals surface area contributed by atoms with Gasteiger partial charge in [0.25, 0.3) is 5.56 Å². The molecule has 0 amide bonds. The third-order valence-electron chi connectivity index (χ3n) is 3.85. The third-order valence-corrected chi connectivity index (χ3v) is 4.82. The summed E-state index contributed by atoms with van der Waals surface area (Å²) >= 11 is 0.984. The highest BCUT2D eigenvalue weighted by Crippen LogP contribution is 2.19. The number of carboxylic acids is 1. The van der Waals surface area contributed by atoms with Crippen LogP contribution in [0.15, 0.2) is 35.3 Å². The van der Waals surface area contributed by atoms with Crippen LogP contribution in [0.4, 0.5) is 0 Å². The van der Waals surface area contributed by atoms with Crippen molar-refractivity contribution in [1.29, 1.82) is 0 Å². The molecule has 2 aromatic heterocycles. The van der Waals surface area contributed by atoms with Crippen molar-refractivity contribution in [2.75, 3.05) is 6.61 Å². The Kier molecular flexibility index (Phi) is 5.18. The van der Waals surface area contributed by atoms with Crippen molar-refractivity contribution in [1.82, 2.24) is 9.38 Å². The van der Waals surface area contributed by atoms with E-state index in [-0.39, 0.29) is 10.4 Å². The molecule has 6 nitrogen and oxygen atoms in total. The summed E-state index contributed by atoms with van der Waals surface area (Å²) in [6.07, 6.45) is 5.50. The molecular formula is C19H18N2O4S. The number of aromatic nitrogens is 2. The molecule has 134 valence electrons. The molecule has 2 heterocycles. The first-order chi connectivity index (χ1) is 12.5. The molecule has 1 aromatic carbocycles. The smallest absolute Gasteiger partial charge is 0.347 e. The molecule has 3 aromatic rings. The zero-order chi connectivity index (χ0) is 18.7. The number of carboxylic acid groups (broad SMARTS) is 1. The lowest BCUT2D eigenvalue weighted by Gasteiger charge is -2.04. The maximum atomic E-state index is 12.6. The summed E-state index contributed by atoms with van der Waals surface area (Å²) in [5, 5.41) is 9.13. The van der Waals surface area contributed by atoms with Gasteiger partial charge in [-0.2, -0.15) is 0 Å². The average molecular weight is 370 g/mol.